The average molecular weight is 382 g/mol. The molecule has 0 radical (unpaired) electrons. The summed E-state index contributed by atoms with van der Waals surface area (Å²) in [5.74, 6) is 1.00. The molecule has 0 saturated heterocycles. The quantitative estimate of drug-likeness (QED) is 0.322. The maximum Gasteiger partial charge on any atom is 0.339 e. The molecule has 0 atom stereocenters. The Labute approximate surface area is 161 Å². The molecular formula is C21H18O5S. The van der Waals surface area contributed by atoms with Crippen LogP contribution in [-0.2, 0) is 10.5 Å². The van der Waals surface area contributed by atoms with Crippen LogP contribution in [0.15, 0.2) is 76.2 Å². The fraction of sp³-hybridized carbons (Fsp3) is 0.143. The van der Waals surface area contributed by atoms with E-state index >= 15 is 0 Å². The molecule has 0 amide bonds. The first-order valence-electron chi connectivity index (χ1n) is 8.26. The van der Waals surface area contributed by atoms with Gasteiger partial charge in [-0.2, -0.15) is 0 Å². The Hall–Kier alpha value is -2.99. The summed E-state index contributed by atoms with van der Waals surface area (Å²) in [5.41, 5.74) is 0.801. The Morgan fingerprint density at radius 1 is 0.963 bits per heavy atom. The van der Waals surface area contributed by atoms with Crippen molar-refractivity contribution in [1.82, 2.24) is 0 Å². The highest BCUT2D eigenvalue weighted by Gasteiger charge is 2.17. The van der Waals surface area contributed by atoms with Gasteiger partial charge in [-0.15, -0.1) is 11.8 Å². The van der Waals surface area contributed by atoms with Gasteiger partial charge in [0.15, 0.2) is 6.61 Å². The third-order valence-electron chi connectivity index (χ3n) is 3.80. The van der Waals surface area contributed by atoms with Gasteiger partial charge in [0.25, 0.3) is 0 Å². The van der Waals surface area contributed by atoms with Gasteiger partial charge < -0.3 is 13.9 Å². The lowest BCUT2D eigenvalue weighted by molar-refractivity contribution is 0.0470. The number of ketones is 1. The van der Waals surface area contributed by atoms with Gasteiger partial charge in [0.1, 0.15) is 11.5 Å². The summed E-state index contributed by atoms with van der Waals surface area (Å²) in [4.78, 5) is 25.6. The van der Waals surface area contributed by atoms with Crippen LogP contribution in [0.1, 0.15) is 26.5 Å². The van der Waals surface area contributed by atoms with Crippen molar-refractivity contribution in [2.75, 3.05) is 13.7 Å². The average Bonchev–Trinajstić information content (AvgIpc) is 3.24. The molecule has 0 saturated carbocycles. The first kappa shape index (κ1) is 18.8. The number of benzene rings is 2. The van der Waals surface area contributed by atoms with Crippen LogP contribution in [-0.4, -0.2) is 25.5 Å². The third kappa shape index (κ3) is 4.80. The van der Waals surface area contributed by atoms with Crippen LogP contribution >= 0.6 is 11.8 Å². The summed E-state index contributed by atoms with van der Waals surface area (Å²) >= 11 is 1.47. The first-order valence-corrected chi connectivity index (χ1v) is 9.25. The van der Waals surface area contributed by atoms with Gasteiger partial charge in [0.05, 0.1) is 30.3 Å². The van der Waals surface area contributed by atoms with Crippen LogP contribution in [0, 0.1) is 0 Å². The first-order chi connectivity index (χ1) is 13.2. The third-order valence-corrected chi connectivity index (χ3v) is 4.89. The molecule has 0 bridgehead atoms. The Balaban J connectivity index is 1.65. The minimum absolute atomic E-state index is 0.318. The van der Waals surface area contributed by atoms with E-state index in [2.05, 4.69) is 0 Å². The molecule has 0 fully saturated rings. The highest BCUT2D eigenvalue weighted by Crippen LogP contribution is 2.27. The van der Waals surface area contributed by atoms with Crippen molar-refractivity contribution in [3.8, 4) is 5.75 Å². The van der Waals surface area contributed by atoms with Crippen molar-refractivity contribution < 1.29 is 23.5 Å². The van der Waals surface area contributed by atoms with Gasteiger partial charge >= 0.3 is 5.97 Å². The van der Waals surface area contributed by atoms with E-state index in [-0.39, 0.29) is 12.4 Å². The number of hydrogen-bond acceptors (Lipinski definition) is 6. The van der Waals surface area contributed by atoms with Crippen molar-refractivity contribution in [3.05, 3.63) is 83.8 Å². The predicted octanol–water partition coefficient (Wildman–Crippen LogP) is 4.62. The summed E-state index contributed by atoms with van der Waals surface area (Å²) in [6.45, 7) is -0.351. The Morgan fingerprint density at radius 3 is 2.44 bits per heavy atom. The molecule has 6 heteroatoms. The number of Topliss-reactive ketones (excluding diaryl/α,β-unsaturated/α-hetero) is 1. The zero-order valence-electron chi connectivity index (χ0n) is 14.7. The fourth-order valence-electron chi connectivity index (χ4n) is 2.47. The number of ether oxygens (including phenoxy) is 2. The standard InChI is InChI=1S/C21H18O5S/c1-24-19-10-4-2-8-16(19)18(22)13-26-21(23)17-9-3-5-11-20(17)27-14-15-7-6-12-25-15/h2-12H,13-14H2,1H3. The maximum atomic E-state index is 12.5. The second-order valence-corrected chi connectivity index (χ2v) is 6.58. The summed E-state index contributed by atoms with van der Waals surface area (Å²) in [6.07, 6.45) is 1.61. The van der Waals surface area contributed by atoms with E-state index in [1.54, 1.807) is 42.7 Å². The van der Waals surface area contributed by atoms with Crippen molar-refractivity contribution in [2.45, 2.75) is 10.6 Å². The SMILES string of the molecule is COc1ccccc1C(=O)COC(=O)c1ccccc1SCc1ccco1. The number of hydrogen-bond donors (Lipinski definition) is 0. The molecule has 0 N–H and O–H groups in total. The number of thioether (sulfide) groups is 1. The number of rotatable bonds is 8. The lowest BCUT2D eigenvalue weighted by atomic mass is 10.1. The molecule has 0 aliphatic heterocycles. The molecule has 3 rings (SSSR count). The highest BCUT2D eigenvalue weighted by atomic mass is 32.2. The van der Waals surface area contributed by atoms with Gasteiger partial charge in [0.2, 0.25) is 5.78 Å². The number of carbonyl (C=O) groups excluding carboxylic acids is 2. The largest absolute Gasteiger partial charge is 0.496 e. The molecule has 1 aromatic heterocycles. The van der Waals surface area contributed by atoms with Crippen LogP contribution in [0.5, 0.6) is 5.75 Å². The summed E-state index contributed by atoms with van der Waals surface area (Å²) in [6, 6.07) is 17.7. The van der Waals surface area contributed by atoms with Gasteiger partial charge in [-0.25, -0.2) is 4.79 Å². The van der Waals surface area contributed by atoms with Crippen molar-refractivity contribution >= 4 is 23.5 Å². The van der Waals surface area contributed by atoms with E-state index in [0.717, 1.165) is 10.7 Å². The van der Waals surface area contributed by atoms with Crippen LogP contribution in [0.25, 0.3) is 0 Å². The number of furan rings is 1. The molecule has 0 unspecified atom stereocenters. The normalized spacial score (nSPS) is 10.4. The smallest absolute Gasteiger partial charge is 0.339 e. The van der Waals surface area contributed by atoms with Gasteiger partial charge in [0, 0.05) is 4.90 Å². The van der Waals surface area contributed by atoms with E-state index in [9.17, 15) is 9.59 Å². The molecule has 3 aromatic rings. The highest BCUT2D eigenvalue weighted by molar-refractivity contribution is 7.98. The molecule has 5 nitrogen and oxygen atoms in total. The topological polar surface area (TPSA) is 65.7 Å². The molecule has 2 aromatic carbocycles. The molecule has 138 valence electrons. The fourth-order valence-corrected chi connectivity index (χ4v) is 3.41. The molecule has 0 aliphatic rings. The molecule has 27 heavy (non-hydrogen) atoms. The van der Waals surface area contributed by atoms with E-state index in [4.69, 9.17) is 13.9 Å². The van der Waals surface area contributed by atoms with Crippen molar-refractivity contribution in [2.24, 2.45) is 0 Å². The van der Waals surface area contributed by atoms with E-state index < -0.39 is 5.97 Å². The van der Waals surface area contributed by atoms with Gasteiger partial charge in [-0.1, -0.05) is 24.3 Å². The van der Waals surface area contributed by atoms with Crippen LogP contribution in [0.3, 0.4) is 0 Å². The van der Waals surface area contributed by atoms with E-state index in [1.807, 2.05) is 24.3 Å². The maximum absolute atomic E-state index is 12.5. The van der Waals surface area contributed by atoms with Crippen LogP contribution in [0.4, 0.5) is 0 Å². The molecule has 0 spiro atoms. The molecule has 1 heterocycles. The Kier molecular flexibility index (Phi) is 6.33. The second-order valence-electron chi connectivity index (χ2n) is 5.56. The number of para-hydroxylation sites is 1. The molecular weight excluding hydrogens is 364 g/mol. The van der Waals surface area contributed by atoms with Crippen LogP contribution in [0.2, 0.25) is 0 Å². The minimum Gasteiger partial charge on any atom is -0.496 e. The predicted molar refractivity (Wildman–Crippen MR) is 102 cm³/mol. The molecule has 0 aliphatic carbocycles. The zero-order chi connectivity index (χ0) is 19.1. The van der Waals surface area contributed by atoms with Crippen molar-refractivity contribution in [1.29, 1.82) is 0 Å². The Bertz CT molecular complexity index is 918. The van der Waals surface area contributed by atoms with Gasteiger partial charge in [-0.05, 0) is 36.4 Å². The van der Waals surface area contributed by atoms with Crippen molar-refractivity contribution in [3.63, 3.8) is 0 Å². The lowest BCUT2D eigenvalue weighted by Crippen LogP contribution is -2.15. The minimum atomic E-state index is -0.541. The lowest BCUT2D eigenvalue weighted by Gasteiger charge is -2.10. The zero-order valence-corrected chi connectivity index (χ0v) is 15.5. The van der Waals surface area contributed by atoms with E-state index in [0.29, 0.717) is 22.6 Å². The Morgan fingerprint density at radius 2 is 1.70 bits per heavy atom. The number of esters is 1. The second kappa shape index (κ2) is 9.09. The summed E-state index contributed by atoms with van der Waals surface area (Å²) in [7, 11) is 1.49. The van der Waals surface area contributed by atoms with E-state index in [1.165, 1.54) is 18.9 Å². The van der Waals surface area contributed by atoms with Crippen LogP contribution < -0.4 is 4.74 Å². The van der Waals surface area contributed by atoms with Gasteiger partial charge in [-0.3, -0.25) is 4.79 Å². The number of carbonyl (C=O) groups is 2. The monoisotopic (exact) mass is 382 g/mol. The number of methoxy groups -OCH3 is 1. The summed E-state index contributed by atoms with van der Waals surface area (Å²) < 4.78 is 15.7. The summed E-state index contributed by atoms with van der Waals surface area (Å²) in [5, 5.41) is 0.